The minimum atomic E-state index is -0.470. The molecule has 1 aromatic heterocycles. The molecule has 0 saturated carbocycles. The summed E-state index contributed by atoms with van der Waals surface area (Å²) in [7, 11) is 0. The number of benzene rings is 1. The van der Waals surface area contributed by atoms with Crippen molar-refractivity contribution >= 4 is 17.3 Å². The van der Waals surface area contributed by atoms with Crippen molar-refractivity contribution < 1.29 is 9.72 Å². The number of hydrogen-bond acceptors (Lipinski definition) is 5. The third kappa shape index (κ3) is 2.96. The van der Waals surface area contributed by atoms with Gasteiger partial charge in [0.05, 0.1) is 10.6 Å². The van der Waals surface area contributed by atoms with Gasteiger partial charge in [-0.15, -0.1) is 0 Å². The van der Waals surface area contributed by atoms with Crippen molar-refractivity contribution in [3.8, 4) is 0 Å². The van der Waals surface area contributed by atoms with Gasteiger partial charge in [0.25, 0.3) is 11.6 Å². The van der Waals surface area contributed by atoms with Crippen LogP contribution < -0.4 is 5.43 Å². The maximum absolute atomic E-state index is 12.2. The van der Waals surface area contributed by atoms with Gasteiger partial charge in [-0.3, -0.25) is 20.0 Å². The van der Waals surface area contributed by atoms with E-state index in [1.165, 1.54) is 12.1 Å². The van der Waals surface area contributed by atoms with E-state index in [9.17, 15) is 14.9 Å². The molecule has 0 fully saturated rings. The Morgan fingerprint density at radius 1 is 1.43 bits per heavy atom. The molecule has 0 saturated heterocycles. The predicted molar refractivity (Wildman–Crippen MR) is 83.4 cm³/mol. The number of nitro groups is 1. The van der Waals surface area contributed by atoms with Gasteiger partial charge in [0.1, 0.15) is 0 Å². The molecule has 2 aromatic rings. The highest BCUT2D eigenvalue weighted by molar-refractivity contribution is 6.01. The molecule has 2 N–H and O–H groups in total. The molecule has 8 nitrogen and oxygen atoms in total. The Kier molecular flexibility index (Phi) is 3.88. The van der Waals surface area contributed by atoms with Crippen LogP contribution in [0.2, 0.25) is 0 Å². The average Bonchev–Trinajstić information content (AvgIpc) is 3.15. The standard InChI is InChI=1S/C15H15N5O3/c1-9(10-4-2-5-11(8-10)20(22)23)16-19-15(21)14-12-6-3-7-13(12)17-18-14/h2,4-5,8H,3,6-7H2,1H3,(H,17,18)(H,19,21)/b16-9+. The quantitative estimate of drug-likeness (QED) is 0.510. The molecule has 118 valence electrons. The number of non-ortho nitro benzene ring substituents is 1. The molecule has 3 rings (SSSR count). The first kappa shape index (κ1) is 14.9. The molecule has 0 bridgehead atoms. The number of hydrazone groups is 1. The highest BCUT2D eigenvalue weighted by atomic mass is 16.6. The summed E-state index contributed by atoms with van der Waals surface area (Å²) in [5.74, 6) is -0.380. The van der Waals surface area contributed by atoms with Gasteiger partial charge >= 0.3 is 0 Å². The molecule has 0 aliphatic heterocycles. The molecule has 1 amide bonds. The normalized spacial score (nSPS) is 13.7. The van der Waals surface area contributed by atoms with Gasteiger partial charge in [0.15, 0.2) is 5.69 Å². The average molecular weight is 313 g/mol. The molecule has 0 unspecified atom stereocenters. The van der Waals surface area contributed by atoms with E-state index in [1.807, 2.05) is 0 Å². The number of nitrogens with one attached hydrogen (secondary N) is 2. The number of carbonyl (C=O) groups excluding carboxylic acids is 1. The number of fused-ring (bicyclic) bond motifs is 1. The Hall–Kier alpha value is -3.03. The van der Waals surface area contributed by atoms with Crippen LogP contribution in [-0.2, 0) is 12.8 Å². The molecule has 0 atom stereocenters. The zero-order valence-corrected chi connectivity index (χ0v) is 12.5. The zero-order valence-electron chi connectivity index (χ0n) is 12.5. The summed E-state index contributed by atoms with van der Waals surface area (Å²) in [6.45, 7) is 1.67. The van der Waals surface area contributed by atoms with Crippen LogP contribution in [0.4, 0.5) is 5.69 Å². The van der Waals surface area contributed by atoms with Gasteiger partial charge in [-0.25, -0.2) is 5.43 Å². The lowest BCUT2D eigenvalue weighted by atomic mass is 10.1. The SMILES string of the molecule is C/C(=N\NC(=O)c1n[nH]c2c1CCC2)c1cccc([N+](=O)[O-])c1. The monoisotopic (exact) mass is 313 g/mol. The van der Waals surface area contributed by atoms with E-state index in [-0.39, 0.29) is 11.6 Å². The Labute approximate surface area is 131 Å². The van der Waals surface area contributed by atoms with Crippen molar-refractivity contribution in [3.05, 3.63) is 56.9 Å². The highest BCUT2D eigenvalue weighted by Crippen LogP contribution is 2.22. The molecule has 1 aliphatic carbocycles. The van der Waals surface area contributed by atoms with Gasteiger partial charge in [0.2, 0.25) is 0 Å². The summed E-state index contributed by atoms with van der Waals surface area (Å²) < 4.78 is 0. The lowest BCUT2D eigenvalue weighted by Gasteiger charge is -2.02. The van der Waals surface area contributed by atoms with E-state index in [1.54, 1.807) is 19.1 Å². The zero-order chi connectivity index (χ0) is 16.4. The summed E-state index contributed by atoms with van der Waals surface area (Å²) in [4.78, 5) is 22.5. The number of aryl methyl sites for hydroxylation is 1. The number of carbonyl (C=O) groups is 1. The van der Waals surface area contributed by atoms with E-state index in [0.29, 0.717) is 17.0 Å². The van der Waals surface area contributed by atoms with Crippen molar-refractivity contribution in [2.75, 3.05) is 0 Å². The molecular weight excluding hydrogens is 298 g/mol. The van der Waals surface area contributed by atoms with Crippen LogP contribution in [0.3, 0.4) is 0 Å². The number of hydrogen-bond donors (Lipinski definition) is 2. The van der Waals surface area contributed by atoms with E-state index in [4.69, 9.17) is 0 Å². The fourth-order valence-electron chi connectivity index (χ4n) is 2.60. The molecule has 0 spiro atoms. The summed E-state index contributed by atoms with van der Waals surface area (Å²) in [5.41, 5.74) is 5.82. The van der Waals surface area contributed by atoms with Crippen LogP contribution in [0.1, 0.15) is 40.7 Å². The van der Waals surface area contributed by atoms with Crippen molar-refractivity contribution in [1.82, 2.24) is 15.6 Å². The fraction of sp³-hybridized carbons (Fsp3) is 0.267. The summed E-state index contributed by atoms with van der Waals surface area (Å²) >= 11 is 0. The lowest BCUT2D eigenvalue weighted by Crippen LogP contribution is -2.21. The third-order valence-electron chi connectivity index (χ3n) is 3.82. The molecule has 1 aliphatic rings. The van der Waals surface area contributed by atoms with E-state index in [0.717, 1.165) is 30.5 Å². The van der Waals surface area contributed by atoms with Gasteiger partial charge in [-0.05, 0) is 26.2 Å². The van der Waals surface area contributed by atoms with E-state index < -0.39 is 4.92 Å². The maximum Gasteiger partial charge on any atom is 0.292 e. The van der Waals surface area contributed by atoms with Gasteiger partial charge < -0.3 is 0 Å². The van der Waals surface area contributed by atoms with E-state index >= 15 is 0 Å². The fourth-order valence-corrected chi connectivity index (χ4v) is 2.60. The van der Waals surface area contributed by atoms with Gasteiger partial charge in [-0.2, -0.15) is 10.2 Å². The van der Waals surface area contributed by atoms with Crippen LogP contribution in [0.15, 0.2) is 29.4 Å². The summed E-state index contributed by atoms with van der Waals surface area (Å²) in [5, 5.41) is 21.7. The van der Waals surface area contributed by atoms with Crippen LogP contribution in [0, 0.1) is 10.1 Å². The molecule has 1 heterocycles. The van der Waals surface area contributed by atoms with E-state index in [2.05, 4.69) is 20.7 Å². The van der Waals surface area contributed by atoms with Crippen molar-refractivity contribution in [1.29, 1.82) is 0 Å². The highest BCUT2D eigenvalue weighted by Gasteiger charge is 2.22. The first-order valence-electron chi connectivity index (χ1n) is 7.22. The summed E-state index contributed by atoms with van der Waals surface area (Å²) in [6.07, 6.45) is 2.76. The van der Waals surface area contributed by atoms with Crippen LogP contribution >= 0.6 is 0 Å². The van der Waals surface area contributed by atoms with Crippen molar-refractivity contribution in [3.63, 3.8) is 0 Å². The Morgan fingerprint density at radius 3 is 3.04 bits per heavy atom. The second-order valence-electron chi connectivity index (χ2n) is 5.33. The van der Waals surface area contributed by atoms with Gasteiger partial charge in [-0.1, -0.05) is 12.1 Å². The van der Waals surface area contributed by atoms with Crippen molar-refractivity contribution in [2.24, 2.45) is 5.10 Å². The molecule has 1 aromatic carbocycles. The number of H-pyrrole nitrogens is 1. The lowest BCUT2D eigenvalue weighted by molar-refractivity contribution is -0.384. The predicted octanol–water partition coefficient (Wildman–Crippen LogP) is 1.96. The largest absolute Gasteiger partial charge is 0.292 e. The van der Waals surface area contributed by atoms with Crippen LogP contribution in [0.25, 0.3) is 0 Å². The Morgan fingerprint density at radius 2 is 2.26 bits per heavy atom. The van der Waals surface area contributed by atoms with Crippen LogP contribution in [-0.4, -0.2) is 26.7 Å². The Bertz CT molecular complexity index is 809. The molecule has 8 heteroatoms. The van der Waals surface area contributed by atoms with Crippen molar-refractivity contribution in [2.45, 2.75) is 26.2 Å². The number of rotatable bonds is 4. The Balaban J connectivity index is 1.75. The first-order valence-corrected chi connectivity index (χ1v) is 7.22. The second kappa shape index (κ2) is 5.99. The number of nitrogens with zero attached hydrogens (tertiary/aromatic N) is 3. The second-order valence-corrected chi connectivity index (χ2v) is 5.33. The maximum atomic E-state index is 12.2. The molecule has 0 radical (unpaired) electrons. The van der Waals surface area contributed by atoms with Gasteiger partial charge in [0, 0.05) is 29.0 Å². The minimum absolute atomic E-state index is 0.0199. The number of aromatic nitrogens is 2. The summed E-state index contributed by atoms with van der Waals surface area (Å²) in [6, 6.07) is 6.10. The minimum Gasteiger partial charge on any atom is -0.281 e. The molecular formula is C15H15N5O3. The number of amides is 1. The topological polar surface area (TPSA) is 113 Å². The smallest absolute Gasteiger partial charge is 0.281 e. The first-order chi connectivity index (χ1) is 11.1. The third-order valence-corrected chi connectivity index (χ3v) is 3.82. The van der Waals surface area contributed by atoms with Crippen LogP contribution in [0.5, 0.6) is 0 Å². The number of aromatic amines is 1. The molecule has 23 heavy (non-hydrogen) atoms. The number of nitro benzene ring substituents is 1.